The molecule has 640 valence electrons. The molecule has 22 rings (SSSR count). The average molecular weight is 1710 g/mol. The lowest BCUT2D eigenvalue weighted by Gasteiger charge is -2.47. The minimum Gasteiger partial charge on any atom is -0.310 e. The van der Waals surface area contributed by atoms with Gasteiger partial charge in [0.2, 0.25) is 0 Å². The van der Waals surface area contributed by atoms with E-state index < -0.39 is 0 Å². The van der Waals surface area contributed by atoms with Crippen molar-refractivity contribution in [3.63, 3.8) is 0 Å². The Morgan fingerprint density at radius 2 is 0.690 bits per heavy atom. The first-order chi connectivity index (χ1) is 61.7. The van der Waals surface area contributed by atoms with E-state index in [9.17, 15) is 0 Å². The fourth-order valence-corrected chi connectivity index (χ4v) is 25.9. The maximum Gasteiger partial charge on any atom is 0.264 e. The summed E-state index contributed by atoms with van der Waals surface area (Å²) in [4.78, 5) is 10.9. The lowest BCUT2D eigenvalue weighted by Crippen LogP contribution is -2.61. The first kappa shape index (κ1) is 83.0. The highest BCUT2D eigenvalue weighted by atomic mass is 32.1. The Labute approximate surface area is 775 Å². The molecule has 0 amide bonds. The van der Waals surface area contributed by atoms with Gasteiger partial charge in [0.25, 0.3) is 13.4 Å². The van der Waals surface area contributed by atoms with Gasteiger partial charge in [0.1, 0.15) is 0 Å². The molecule has 8 heteroatoms. The Bertz CT molecular complexity index is 7100. The Morgan fingerprint density at radius 1 is 0.318 bits per heavy atom. The van der Waals surface area contributed by atoms with Crippen LogP contribution in [0.4, 0.5) is 68.2 Å². The number of anilines is 12. The molecule has 6 heterocycles. The number of thiophene rings is 2. The molecule has 0 saturated carbocycles. The Hall–Kier alpha value is -11.7. The van der Waals surface area contributed by atoms with Crippen molar-refractivity contribution in [3.8, 4) is 44.5 Å². The van der Waals surface area contributed by atoms with Gasteiger partial charge in [-0.2, -0.15) is 0 Å². The molecular formula is C121H118B2N4S2. The maximum absolute atomic E-state index is 2.79. The predicted octanol–water partition coefficient (Wildman–Crippen LogP) is 30.7. The number of rotatable bonds is 14. The van der Waals surface area contributed by atoms with E-state index in [1.807, 2.05) is 22.7 Å². The monoisotopic (exact) mass is 1710 g/mol. The molecule has 0 radical (unpaired) electrons. The number of hydrogen-bond acceptors (Lipinski definition) is 6. The van der Waals surface area contributed by atoms with Gasteiger partial charge >= 0.3 is 0 Å². The molecule has 0 unspecified atom stereocenters. The molecule has 129 heavy (non-hydrogen) atoms. The third-order valence-corrected chi connectivity index (χ3v) is 33.6. The summed E-state index contributed by atoms with van der Waals surface area (Å²) in [6.07, 6.45) is 6.42. The van der Waals surface area contributed by atoms with Crippen LogP contribution in [-0.4, -0.2) is 13.4 Å². The SMILES string of the molecule is Cc1cc2c3c(c1)N(c1ccccc1)c1c(sc4cc(C(C)(C)C)ccc14)B3c1cc3c(cc1N2c1c(-c2ccccc2)cc(C(C)(C)CCC(C)(C)c2ccc(N4c5cc(C)cc6c5B(c5cc7c(cc5N6c5c(-c6ccccc6)cccc5-c5ccccc5)C(C)(C)CCC7(C)C)c5sc6ccc(C(C)C)cc6c54)cc2)cc1-c1ccccc1)C(C)(C)CCC3(C)C. The minimum atomic E-state index is -0.285. The van der Waals surface area contributed by atoms with Gasteiger partial charge in [0.15, 0.2) is 0 Å². The molecule has 2 aromatic heterocycles. The number of nitrogens with zero attached hydrogens (tertiary/aromatic N) is 4. The van der Waals surface area contributed by atoms with Crippen molar-refractivity contribution in [2.75, 3.05) is 19.6 Å². The molecule has 0 N–H and O–H groups in total. The van der Waals surface area contributed by atoms with Crippen LogP contribution in [0, 0.1) is 13.8 Å². The zero-order valence-electron chi connectivity index (χ0n) is 78.8. The van der Waals surface area contributed by atoms with Crippen molar-refractivity contribution in [3.05, 3.63) is 347 Å². The molecule has 4 nitrogen and oxygen atoms in total. The van der Waals surface area contributed by atoms with Gasteiger partial charge in [-0.15, -0.1) is 22.7 Å². The summed E-state index contributed by atoms with van der Waals surface area (Å²) in [5, 5.41) is 2.64. The van der Waals surface area contributed by atoms with Gasteiger partial charge in [-0.25, -0.2) is 0 Å². The van der Waals surface area contributed by atoms with Crippen molar-refractivity contribution in [1.29, 1.82) is 0 Å². The number of fused-ring (bicyclic) bond motifs is 14. The molecule has 0 bridgehead atoms. The van der Waals surface area contributed by atoms with Crippen molar-refractivity contribution >= 4 is 156 Å². The van der Waals surface area contributed by atoms with E-state index in [0.717, 1.165) is 38.5 Å². The lowest BCUT2D eigenvalue weighted by molar-refractivity contribution is 0.332. The molecule has 4 aliphatic heterocycles. The molecule has 14 aromatic carbocycles. The third-order valence-electron chi connectivity index (χ3n) is 31.1. The standard InChI is InChI=1S/C121H118B2N4S2/c1-74(2)81-48-55-105-92(66-81)112-114(128-105)123-97-70-93-95(120(16,17)60-58-118(93,12)13)72-99(97)126(109-87(77-36-25-20-26-37-77)46-35-47-88(109)78-38-27-21-28-39-78)103-64-76(4)63-102(108(103)123)125(112)86-52-49-82(50-53-86)116(8,9)56-57-117(10,11)84-67-90(79-40-29-22-30-41-79)110(91(68-84)80-42-31-23-32-43-80)127-100-73-96-94(119(14,15)59-61-121(96,18)19)71-98(100)122-107-101(62-75(3)65-104(107)127)124(85-44-33-24-34-45-85)111-89-54-51-83(115(5,6)7)69-106(89)129-113(111)122/h20-55,62-74H,56-61H2,1-19H3. The molecule has 0 atom stereocenters. The van der Waals surface area contributed by atoms with Gasteiger partial charge in [0, 0.05) is 97.5 Å². The maximum atomic E-state index is 2.79. The van der Waals surface area contributed by atoms with E-state index in [1.165, 1.54) is 220 Å². The molecule has 0 fully saturated rings. The molecular weight excluding hydrogens is 1600 g/mol. The van der Waals surface area contributed by atoms with Crippen LogP contribution in [0.15, 0.2) is 291 Å². The number of hydrogen-bond donors (Lipinski definition) is 0. The summed E-state index contributed by atoms with van der Waals surface area (Å²) in [5.74, 6) is 0.358. The lowest BCUT2D eigenvalue weighted by atomic mass is 9.35. The normalized spacial score (nSPS) is 16.0. The second-order valence-electron chi connectivity index (χ2n) is 43.8. The second-order valence-corrected chi connectivity index (χ2v) is 46.0. The van der Waals surface area contributed by atoms with Crippen LogP contribution in [0.2, 0.25) is 0 Å². The minimum absolute atomic E-state index is 0.0119. The molecule has 0 spiro atoms. The summed E-state index contributed by atoms with van der Waals surface area (Å²) in [6.45, 7) is 46.5. The predicted molar refractivity (Wildman–Crippen MR) is 562 cm³/mol. The van der Waals surface area contributed by atoms with Gasteiger partial charge in [0.05, 0.1) is 22.7 Å². The second kappa shape index (κ2) is 29.9. The zero-order chi connectivity index (χ0) is 89.2. The van der Waals surface area contributed by atoms with E-state index in [4.69, 9.17) is 0 Å². The summed E-state index contributed by atoms with van der Waals surface area (Å²) >= 11 is 4.04. The highest BCUT2D eigenvalue weighted by Crippen LogP contribution is 2.60. The summed E-state index contributed by atoms with van der Waals surface area (Å²) in [6, 6.07) is 114. The van der Waals surface area contributed by atoms with E-state index in [1.54, 1.807) is 0 Å². The van der Waals surface area contributed by atoms with Crippen LogP contribution >= 0.6 is 22.7 Å². The fourth-order valence-electron chi connectivity index (χ4n) is 23.2. The molecule has 0 saturated heterocycles. The summed E-state index contributed by atoms with van der Waals surface area (Å²) in [7, 11) is 0. The summed E-state index contributed by atoms with van der Waals surface area (Å²) in [5.41, 5.74) is 43.3. The molecule has 2 aliphatic carbocycles. The first-order valence-corrected chi connectivity index (χ1v) is 49.0. The van der Waals surface area contributed by atoms with Crippen molar-refractivity contribution in [2.45, 2.75) is 214 Å². The Balaban J connectivity index is 0.691. The van der Waals surface area contributed by atoms with Crippen LogP contribution in [0.25, 0.3) is 64.7 Å². The number of aryl methyl sites for hydroxylation is 2. The Kier molecular flexibility index (Phi) is 19.3. The van der Waals surface area contributed by atoms with Crippen LogP contribution in [0.1, 0.15) is 218 Å². The van der Waals surface area contributed by atoms with E-state index in [0.29, 0.717) is 5.92 Å². The number of para-hydroxylation sites is 2. The van der Waals surface area contributed by atoms with E-state index >= 15 is 0 Å². The van der Waals surface area contributed by atoms with Gasteiger partial charge < -0.3 is 19.6 Å². The topological polar surface area (TPSA) is 13.0 Å². The van der Waals surface area contributed by atoms with Crippen LogP contribution in [0.3, 0.4) is 0 Å². The van der Waals surface area contributed by atoms with Crippen molar-refractivity contribution in [1.82, 2.24) is 0 Å². The highest BCUT2D eigenvalue weighted by molar-refractivity contribution is 7.34. The van der Waals surface area contributed by atoms with E-state index in [2.05, 4.69) is 442 Å². The van der Waals surface area contributed by atoms with Crippen LogP contribution < -0.4 is 51.0 Å². The largest absolute Gasteiger partial charge is 0.310 e. The summed E-state index contributed by atoms with van der Waals surface area (Å²) < 4.78 is 5.49. The number of benzene rings is 14. The zero-order valence-corrected chi connectivity index (χ0v) is 80.4. The Morgan fingerprint density at radius 3 is 1.12 bits per heavy atom. The van der Waals surface area contributed by atoms with Crippen molar-refractivity contribution in [2.24, 2.45) is 0 Å². The highest BCUT2D eigenvalue weighted by Gasteiger charge is 2.52. The molecule has 16 aromatic rings. The molecule has 6 aliphatic rings. The fraction of sp³-hybridized carbons (Fsp3) is 0.273. The van der Waals surface area contributed by atoms with Gasteiger partial charge in [-0.3, -0.25) is 0 Å². The van der Waals surface area contributed by atoms with Crippen LogP contribution in [0.5, 0.6) is 0 Å². The van der Waals surface area contributed by atoms with Crippen LogP contribution in [-0.2, 0) is 37.9 Å². The quantitative estimate of drug-likeness (QED) is 0.101. The van der Waals surface area contributed by atoms with Gasteiger partial charge in [-0.1, -0.05) is 318 Å². The third kappa shape index (κ3) is 13.4. The average Bonchev–Trinajstić information content (AvgIpc) is 1.68. The smallest absolute Gasteiger partial charge is 0.264 e. The van der Waals surface area contributed by atoms with Gasteiger partial charge in [-0.05, 0) is 287 Å². The van der Waals surface area contributed by atoms with E-state index in [-0.39, 0.29) is 51.3 Å². The van der Waals surface area contributed by atoms with Crippen molar-refractivity contribution < 1.29 is 0 Å². The first-order valence-electron chi connectivity index (χ1n) is 47.4.